The highest BCUT2D eigenvalue weighted by Gasteiger charge is 2.15. The fourth-order valence-electron chi connectivity index (χ4n) is 2.15. The van der Waals surface area contributed by atoms with E-state index >= 15 is 0 Å². The van der Waals surface area contributed by atoms with Gasteiger partial charge in [0.15, 0.2) is 0 Å². The van der Waals surface area contributed by atoms with E-state index in [0.29, 0.717) is 17.3 Å². The summed E-state index contributed by atoms with van der Waals surface area (Å²) in [5.41, 5.74) is 5.50. The molecule has 0 spiro atoms. The summed E-state index contributed by atoms with van der Waals surface area (Å²) in [6.07, 6.45) is 9.68. The average Bonchev–Trinajstić information content (AvgIpc) is 2.95. The van der Waals surface area contributed by atoms with Crippen LogP contribution in [0.4, 0.5) is 0 Å². The smallest absolute Gasteiger partial charge is 0.250 e. The van der Waals surface area contributed by atoms with Gasteiger partial charge in [0.1, 0.15) is 4.21 Å². The minimum absolute atomic E-state index is 0.363. The van der Waals surface area contributed by atoms with Crippen LogP contribution in [0.5, 0.6) is 0 Å². The van der Waals surface area contributed by atoms with Crippen LogP contribution >= 0.6 is 11.3 Å². The molecule has 0 saturated carbocycles. The molecule has 0 atom stereocenters. The van der Waals surface area contributed by atoms with Gasteiger partial charge in [-0.05, 0) is 18.6 Å². The Balaban J connectivity index is 2.14. The molecule has 1 aromatic heterocycles. The van der Waals surface area contributed by atoms with E-state index < -0.39 is 10.0 Å². The maximum atomic E-state index is 12.0. The molecule has 0 bridgehead atoms. The lowest BCUT2D eigenvalue weighted by Crippen LogP contribution is -2.23. The molecule has 0 saturated heterocycles. The van der Waals surface area contributed by atoms with Gasteiger partial charge in [0.25, 0.3) is 0 Å². The Morgan fingerprint density at radius 1 is 1.05 bits per heavy atom. The Morgan fingerprint density at radius 3 is 2.24 bits per heavy atom. The van der Waals surface area contributed by atoms with Crippen LogP contribution in [0.15, 0.2) is 16.3 Å². The monoisotopic (exact) mass is 332 g/mol. The summed E-state index contributed by atoms with van der Waals surface area (Å²) in [5, 5.41) is 0. The van der Waals surface area contributed by atoms with Crippen LogP contribution in [0.3, 0.4) is 0 Å². The van der Waals surface area contributed by atoms with Crippen LogP contribution < -0.4 is 10.5 Å². The van der Waals surface area contributed by atoms with E-state index in [1.165, 1.54) is 49.9 Å². The predicted octanol–water partition coefficient (Wildman–Crippen LogP) is 3.63. The summed E-state index contributed by atoms with van der Waals surface area (Å²) in [7, 11) is -3.34. The second kappa shape index (κ2) is 10.3. The van der Waals surface area contributed by atoms with Crippen molar-refractivity contribution in [3.8, 4) is 0 Å². The summed E-state index contributed by atoms with van der Waals surface area (Å²) in [6.45, 7) is 3.13. The summed E-state index contributed by atoms with van der Waals surface area (Å²) >= 11 is 1.24. The molecule has 122 valence electrons. The second-order valence-corrected chi connectivity index (χ2v) is 8.46. The number of hydrogen-bond acceptors (Lipinski definition) is 4. The van der Waals surface area contributed by atoms with Crippen molar-refractivity contribution in [1.29, 1.82) is 0 Å². The summed E-state index contributed by atoms with van der Waals surface area (Å²) in [4.78, 5) is 0.891. The van der Waals surface area contributed by atoms with E-state index in [2.05, 4.69) is 11.6 Å². The van der Waals surface area contributed by atoms with E-state index in [1.54, 1.807) is 12.1 Å². The molecule has 1 aromatic rings. The number of hydrogen-bond donors (Lipinski definition) is 2. The highest BCUT2D eigenvalue weighted by molar-refractivity contribution is 7.91. The highest BCUT2D eigenvalue weighted by Crippen LogP contribution is 2.20. The Bertz CT molecular complexity index is 484. The van der Waals surface area contributed by atoms with Crippen molar-refractivity contribution >= 4 is 21.4 Å². The second-order valence-electron chi connectivity index (χ2n) is 5.30. The maximum Gasteiger partial charge on any atom is 0.250 e. The molecular formula is C15H28N2O2S2. The molecule has 0 unspecified atom stereocenters. The first-order chi connectivity index (χ1) is 10.1. The topological polar surface area (TPSA) is 72.2 Å². The summed E-state index contributed by atoms with van der Waals surface area (Å²) in [5.74, 6) is 0. The minimum atomic E-state index is -3.34. The highest BCUT2D eigenvalue weighted by atomic mass is 32.2. The zero-order valence-electron chi connectivity index (χ0n) is 12.9. The third-order valence-corrected chi connectivity index (χ3v) is 6.49. The summed E-state index contributed by atoms with van der Waals surface area (Å²) in [6, 6.07) is 3.40. The van der Waals surface area contributed by atoms with Crippen LogP contribution in [-0.4, -0.2) is 15.0 Å². The van der Waals surface area contributed by atoms with Gasteiger partial charge in [-0.1, -0.05) is 51.9 Å². The average molecular weight is 333 g/mol. The van der Waals surface area contributed by atoms with Crippen LogP contribution in [-0.2, 0) is 16.6 Å². The maximum absolute atomic E-state index is 12.0. The zero-order chi connectivity index (χ0) is 15.6. The molecule has 21 heavy (non-hydrogen) atoms. The van der Waals surface area contributed by atoms with E-state index in [0.717, 1.165) is 17.7 Å². The largest absolute Gasteiger partial charge is 0.326 e. The molecule has 0 aliphatic heterocycles. The molecule has 1 heterocycles. The third kappa shape index (κ3) is 7.40. The number of unbranched alkanes of at least 4 members (excludes halogenated alkanes) is 7. The van der Waals surface area contributed by atoms with Gasteiger partial charge in [0.2, 0.25) is 10.0 Å². The van der Waals surface area contributed by atoms with E-state index in [4.69, 9.17) is 5.73 Å². The van der Waals surface area contributed by atoms with Crippen LogP contribution in [0.25, 0.3) is 0 Å². The number of nitrogens with one attached hydrogen (secondary N) is 1. The SMILES string of the molecule is CCCCCCCCCCNS(=O)(=O)c1ccc(CN)s1. The van der Waals surface area contributed by atoms with Gasteiger partial charge in [-0.2, -0.15) is 0 Å². The fraction of sp³-hybridized carbons (Fsp3) is 0.733. The molecule has 1 rings (SSSR count). The van der Waals surface area contributed by atoms with Crippen molar-refractivity contribution in [2.45, 2.75) is 69.0 Å². The van der Waals surface area contributed by atoms with Gasteiger partial charge in [-0.15, -0.1) is 11.3 Å². The van der Waals surface area contributed by atoms with E-state index in [1.807, 2.05) is 0 Å². The van der Waals surface area contributed by atoms with Crippen LogP contribution in [0.1, 0.15) is 63.2 Å². The Kier molecular flexibility index (Phi) is 9.15. The number of nitrogens with two attached hydrogens (primary N) is 1. The molecule has 6 heteroatoms. The fourth-order valence-corrected chi connectivity index (χ4v) is 4.50. The normalized spacial score (nSPS) is 11.9. The standard InChI is InChI=1S/C15H28N2O2S2/c1-2-3-4-5-6-7-8-9-12-17-21(18,19)15-11-10-14(13-16)20-15/h10-11,17H,2-9,12-13,16H2,1H3. The lowest BCUT2D eigenvalue weighted by atomic mass is 10.1. The minimum Gasteiger partial charge on any atom is -0.326 e. The van der Waals surface area contributed by atoms with Gasteiger partial charge in [0.05, 0.1) is 0 Å². The lowest BCUT2D eigenvalue weighted by molar-refractivity contribution is 0.560. The molecule has 0 amide bonds. The van der Waals surface area contributed by atoms with Crippen LogP contribution in [0, 0.1) is 0 Å². The predicted molar refractivity (Wildman–Crippen MR) is 90.0 cm³/mol. The van der Waals surface area contributed by atoms with Gasteiger partial charge in [-0.3, -0.25) is 0 Å². The molecule has 0 aliphatic carbocycles. The molecule has 4 nitrogen and oxygen atoms in total. The van der Waals surface area contributed by atoms with E-state index in [-0.39, 0.29) is 0 Å². The zero-order valence-corrected chi connectivity index (χ0v) is 14.6. The van der Waals surface area contributed by atoms with Gasteiger partial charge >= 0.3 is 0 Å². The Labute approximate surface area is 133 Å². The van der Waals surface area contributed by atoms with Crippen molar-refractivity contribution in [3.05, 3.63) is 17.0 Å². The molecule has 3 N–H and O–H groups in total. The number of thiophene rings is 1. The van der Waals surface area contributed by atoms with Gasteiger partial charge in [0, 0.05) is 18.0 Å². The van der Waals surface area contributed by atoms with E-state index in [9.17, 15) is 8.42 Å². The number of sulfonamides is 1. The van der Waals surface area contributed by atoms with Crippen molar-refractivity contribution in [2.24, 2.45) is 5.73 Å². The molecule has 0 aliphatic rings. The first-order valence-corrected chi connectivity index (χ1v) is 10.2. The molecular weight excluding hydrogens is 304 g/mol. The van der Waals surface area contributed by atoms with Gasteiger partial charge in [-0.25, -0.2) is 13.1 Å². The summed E-state index contributed by atoms with van der Waals surface area (Å²) < 4.78 is 27.1. The van der Waals surface area contributed by atoms with Crippen molar-refractivity contribution in [1.82, 2.24) is 4.72 Å². The third-order valence-electron chi connectivity index (χ3n) is 3.43. The van der Waals surface area contributed by atoms with Crippen molar-refractivity contribution in [2.75, 3.05) is 6.54 Å². The Morgan fingerprint density at radius 2 is 1.67 bits per heavy atom. The van der Waals surface area contributed by atoms with Crippen molar-refractivity contribution < 1.29 is 8.42 Å². The lowest BCUT2D eigenvalue weighted by Gasteiger charge is -2.05. The quantitative estimate of drug-likeness (QED) is 0.574. The van der Waals surface area contributed by atoms with Crippen molar-refractivity contribution in [3.63, 3.8) is 0 Å². The first kappa shape index (κ1) is 18.6. The molecule has 0 fully saturated rings. The molecule has 0 radical (unpaired) electrons. The Hall–Kier alpha value is -0.430. The van der Waals surface area contributed by atoms with Gasteiger partial charge < -0.3 is 5.73 Å². The number of rotatable bonds is 12. The molecule has 0 aromatic carbocycles. The first-order valence-electron chi connectivity index (χ1n) is 7.88. The van der Waals surface area contributed by atoms with Crippen LogP contribution in [0.2, 0.25) is 0 Å².